The molecule has 0 bridgehead atoms. The van der Waals surface area contributed by atoms with Crippen LogP contribution in [0.3, 0.4) is 0 Å². The summed E-state index contributed by atoms with van der Waals surface area (Å²) in [4.78, 5) is 27.1. The Hall–Kier alpha value is -1.18. The van der Waals surface area contributed by atoms with E-state index in [1.54, 1.807) is 4.90 Å². The van der Waals surface area contributed by atoms with Crippen LogP contribution >= 0.6 is 0 Å². The second-order valence-corrected chi connectivity index (χ2v) is 5.35. The molecule has 0 aromatic carbocycles. The Labute approximate surface area is 112 Å². The number of hydrogen-bond acceptors (Lipinski definition) is 5. The first-order valence-corrected chi connectivity index (χ1v) is 6.68. The Morgan fingerprint density at radius 3 is 2.63 bits per heavy atom. The highest BCUT2D eigenvalue weighted by Gasteiger charge is 2.41. The van der Waals surface area contributed by atoms with Gasteiger partial charge >= 0.3 is 0 Å². The van der Waals surface area contributed by atoms with Crippen LogP contribution in [0.5, 0.6) is 0 Å². The third-order valence-electron chi connectivity index (χ3n) is 3.73. The maximum Gasteiger partial charge on any atom is 0.245 e. The van der Waals surface area contributed by atoms with E-state index in [1.165, 1.54) is 0 Å². The van der Waals surface area contributed by atoms with Gasteiger partial charge in [0, 0.05) is 32.8 Å². The van der Waals surface area contributed by atoms with Crippen molar-refractivity contribution in [1.29, 1.82) is 0 Å². The van der Waals surface area contributed by atoms with Gasteiger partial charge in [0.05, 0.1) is 13.2 Å². The molecular weight excluding hydrogens is 248 g/mol. The summed E-state index contributed by atoms with van der Waals surface area (Å²) >= 11 is 0. The largest absolute Gasteiger partial charge is 0.379 e. The predicted octanol–water partition coefficient (Wildman–Crippen LogP) is -1.88. The molecule has 2 saturated heterocycles. The van der Waals surface area contributed by atoms with Crippen molar-refractivity contribution in [2.45, 2.75) is 18.4 Å². The summed E-state index contributed by atoms with van der Waals surface area (Å²) < 4.78 is 5.23. The number of carbonyl (C=O) groups excluding carboxylic acids is 2. The third-order valence-corrected chi connectivity index (χ3v) is 3.73. The minimum absolute atomic E-state index is 0.0362. The molecule has 0 radical (unpaired) electrons. The number of ether oxygens (including phenoxy) is 1. The second kappa shape index (κ2) is 5.85. The third kappa shape index (κ3) is 3.43. The van der Waals surface area contributed by atoms with Crippen LogP contribution in [0.1, 0.15) is 12.8 Å². The number of nitrogens with two attached hydrogens (primary N) is 2. The fraction of sp³-hybridized carbons (Fsp3) is 0.833. The van der Waals surface area contributed by atoms with Crippen LogP contribution in [0.4, 0.5) is 0 Å². The van der Waals surface area contributed by atoms with E-state index in [0.29, 0.717) is 39.3 Å². The minimum atomic E-state index is -0.862. The zero-order chi connectivity index (χ0) is 13.9. The van der Waals surface area contributed by atoms with Gasteiger partial charge in [0.15, 0.2) is 0 Å². The van der Waals surface area contributed by atoms with Crippen LogP contribution < -0.4 is 11.5 Å². The molecular formula is C12H22N4O3. The predicted molar refractivity (Wildman–Crippen MR) is 69.2 cm³/mol. The smallest absolute Gasteiger partial charge is 0.245 e. The number of rotatable bonds is 3. The quantitative estimate of drug-likeness (QED) is 0.625. The van der Waals surface area contributed by atoms with Crippen LogP contribution in [-0.4, -0.2) is 73.1 Å². The van der Waals surface area contributed by atoms with Gasteiger partial charge < -0.3 is 21.1 Å². The molecule has 108 valence electrons. The number of hydrogen-bond donors (Lipinski definition) is 2. The van der Waals surface area contributed by atoms with Gasteiger partial charge in [-0.2, -0.15) is 0 Å². The van der Waals surface area contributed by atoms with E-state index in [2.05, 4.69) is 0 Å². The zero-order valence-electron chi connectivity index (χ0n) is 11.1. The summed E-state index contributed by atoms with van der Waals surface area (Å²) in [5.41, 5.74) is 10.4. The van der Waals surface area contributed by atoms with Gasteiger partial charge in [-0.3, -0.25) is 14.5 Å². The van der Waals surface area contributed by atoms with Crippen molar-refractivity contribution >= 4 is 11.8 Å². The number of amides is 2. The van der Waals surface area contributed by atoms with Gasteiger partial charge in [-0.25, -0.2) is 0 Å². The molecule has 2 fully saturated rings. The minimum Gasteiger partial charge on any atom is -0.379 e. The van der Waals surface area contributed by atoms with Crippen molar-refractivity contribution in [3.63, 3.8) is 0 Å². The lowest BCUT2D eigenvalue weighted by Gasteiger charge is -2.29. The first kappa shape index (κ1) is 14.2. The molecule has 1 unspecified atom stereocenters. The molecule has 0 spiro atoms. The average Bonchev–Trinajstić information content (AvgIpc) is 2.67. The van der Waals surface area contributed by atoms with E-state index in [9.17, 15) is 9.59 Å². The molecule has 0 saturated carbocycles. The SMILES string of the molecule is NC(=O)CN1CCCN(C(=O)C2(N)CCOC2)CC1. The molecule has 0 aromatic rings. The van der Waals surface area contributed by atoms with E-state index >= 15 is 0 Å². The molecule has 4 N–H and O–H groups in total. The standard InChI is InChI=1S/C12H22N4O3/c13-10(17)8-15-3-1-4-16(6-5-15)11(18)12(14)2-7-19-9-12/h1-9,14H2,(H2,13,17). The highest BCUT2D eigenvalue weighted by atomic mass is 16.5. The molecule has 0 aliphatic carbocycles. The van der Waals surface area contributed by atoms with Crippen molar-refractivity contribution in [3.05, 3.63) is 0 Å². The fourth-order valence-electron chi connectivity index (χ4n) is 2.62. The van der Waals surface area contributed by atoms with Crippen LogP contribution in [0.15, 0.2) is 0 Å². The summed E-state index contributed by atoms with van der Waals surface area (Å²) in [6.07, 6.45) is 1.41. The molecule has 0 aromatic heterocycles. The van der Waals surface area contributed by atoms with E-state index in [-0.39, 0.29) is 18.4 Å². The van der Waals surface area contributed by atoms with E-state index in [4.69, 9.17) is 16.2 Å². The maximum atomic E-state index is 12.4. The van der Waals surface area contributed by atoms with Gasteiger partial charge in [0.2, 0.25) is 11.8 Å². The second-order valence-electron chi connectivity index (χ2n) is 5.35. The molecule has 7 heteroatoms. The van der Waals surface area contributed by atoms with Crippen LogP contribution in [0.2, 0.25) is 0 Å². The summed E-state index contributed by atoms with van der Waals surface area (Å²) in [5.74, 6) is -0.370. The van der Waals surface area contributed by atoms with Crippen molar-refractivity contribution < 1.29 is 14.3 Å². The van der Waals surface area contributed by atoms with Gasteiger partial charge in [-0.15, -0.1) is 0 Å². The fourth-order valence-corrected chi connectivity index (χ4v) is 2.62. The summed E-state index contributed by atoms with van der Waals surface area (Å²) in [6.45, 7) is 3.79. The van der Waals surface area contributed by atoms with Crippen LogP contribution in [-0.2, 0) is 14.3 Å². The number of nitrogens with zero attached hydrogens (tertiary/aromatic N) is 2. The first-order chi connectivity index (χ1) is 9.01. The lowest BCUT2D eigenvalue weighted by atomic mass is 9.98. The van der Waals surface area contributed by atoms with Crippen LogP contribution in [0, 0.1) is 0 Å². The van der Waals surface area contributed by atoms with Gasteiger partial charge in [-0.05, 0) is 12.8 Å². The van der Waals surface area contributed by atoms with Crippen molar-refractivity contribution in [3.8, 4) is 0 Å². The number of carbonyl (C=O) groups is 2. The Kier molecular flexibility index (Phi) is 4.38. The topological polar surface area (TPSA) is 102 Å². The van der Waals surface area contributed by atoms with Crippen LogP contribution in [0.25, 0.3) is 0 Å². The molecule has 19 heavy (non-hydrogen) atoms. The Morgan fingerprint density at radius 2 is 2.00 bits per heavy atom. The monoisotopic (exact) mass is 270 g/mol. The van der Waals surface area contributed by atoms with E-state index < -0.39 is 5.54 Å². The van der Waals surface area contributed by atoms with Crippen molar-refractivity contribution in [2.24, 2.45) is 11.5 Å². The van der Waals surface area contributed by atoms with Gasteiger partial charge in [0.25, 0.3) is 0 Å². The Bertz CT molecular complexity index is 355. The summed E-state index contributed by atoms with van der Waals surface area (Å²) in [6, 6.07) is 0. The van der Waals surface area contributed by atoms with Gasteiger partial charge in [0.1, 0.15) is 5.54 Å². The average molecular weight is 270 g/mol. The normalized spacial score (nSPS) is 29.2. The molecule has 2 amide bonds. The Morgan fingerprint density at radius 1 is 1.21 bits per heavy atom. The Balaban J connectivity index is 1.91. The van der Waals surface area contributed by atoms with E-state index in [1.807, 2.05) is 4.90 Å². The van der Waals surface area contributed by atoms with E-state index in [0.717, 1.165) is 13.0 Å². The first-order valence-electron chi connectivity index (χ1n) is 6.68. The summed E-state index contributed by atoms with van der Waals surface area (Å²) in [7, 11) is 0. The highest BCUT2D eigenvalue weighted by molar-refractivity contribution is 5.86. The van der Waals surface area contributed by atoms with Crippen molar-refractivity contribution in [1.82, 2.24) is 9.80 Å². The van der Waals surface area contributed by atoms with Crippen molar-refractivity contribution in [2.75, 3.05) is 45.9 Å². The molecule has 2 heterocycles. The molecule has 2 aliphatic heterocycles. The lowest BCUT2D eigenvalue weighted by Crippen LogP contribution is -2.56. The molecule has 2 aliphatic rings. The summed E-state index contributed by atoms with van der Waals surface area (Å²) in [5, 5.41) is 0. The molecule has 7 nitrogen and oxygen atoms in total. The number of primary amides is 1. The molecule has 1 atom stereocenters. The molecule has 2 rings (SSSR count). The van der Waals surface area contributed by atoms with Gasteiger partial charge in [-0.1, -0.05) is 0 Å². The zero-order valence-corrected chi connectivity index (χ0v) is 11.1. The maximum absolute atomic E-state index is 12.4. The highest BCUT2D eigenvalue weighted by Crippen LogP contribution is 2.19. The lowest BCUT2D eigenvalue weighted by molar-refractivity contribution is -0.136.